The minimum atomic E-state index is -2.10. The maximum Gasteiger partial charge on any atom is 0.322 e. The van der Waals surface area contributed by atoms with Gasteiger partial charge in [-0.15, -0.1) is 11.5 Å². The maximum atomic E-state index is 15.4. The Morgan fingerprint density at radius 2 is 2.08 bits per heavy atom. The van der Waals surface area contributed by atoms with E-state index in [-0.39, 0.29) is 17.3 Å². The lowest BCUT2D eigenvalue weighted by Crippen LogP contribution is -2.33. The van der Waals surface area contributed by atoms with Crippen molar-refractivity contribution in [3.63, 3.8) is 0 Å². The van der Waals surface area contributed by atoms with Crippen LogP contribution in [0.4, 0.5) is 14.6 Å². The highest BCUT2D eigenvalue weighted by molar-refractivity contribution is 6.83. The van der Waals surface area contributed by atoms with Gasteiger partial charge in [-0.05, 0) is 0 Å². The molecule has 1 aliphatic carbocycles. The summed E-state index contributed by atoms with van der Waals surface area (Å²) >= 11 is 6.49. The Labute approximate surface area is 215 Å². The summed E-state index contributed by atoms with van der Waals surface area (Å²) in [5, 5.41) is 18.9. The number of benzene rings is 1. The van der Waals surface area contributed by atoms with Gasteiger partial charge in [-0.1, -0.05) is 31.2 Å². The molecular weight excluding hydrogens is 522 g/mol. The van der Waals surface area contributed by atoms with Crippen LogP contribution in [0.3, 0.4) is 0 Å². The summed E-state index contributed by atoms with van der Waals surface area (Å²) in [6.45, 7) is 6.29. The number of aromatic nitrogens is 5. The monoisotopic (exact) mass is 542 g/mol. The van der Waals surface area contributed by atoms with Crippen molar-refractivity contribution in [3.8, 4) is 22.7 Å². The molecule has 9 nitrogen and oxygen atoms in total. The first kappa shape index (κ1) is 24.9. The zero-order valence-electron chi connectivity index (χ0n) is 20.0. The average molecular weight is 543 g/mol. The Morgan fingerprint density at radius 3 is 2.73 bits per heavy atom. The number of imidazole rings is 1. The molecule has 0 bridgehead atoms. The predicted octanol–water partition coefficient (Wildman–Crippen LogP) is 4.24. The van der Waals surface area contributed by atoms with E-state index in [0.717, 1.165) is 0 Å². The van der Waals surface area contributed by atoms with Crippen LogP contribution in [0.1, 0.15) is 12.0 Å². The SMILES string of the molecule is C[Si](C)(C)C#CCc1c(F)c(Cl)c(-c2cn3cc(NC(=O)[C@]4(C(=O)O)C[C@@H]4F)nc3cn2)c2cn[nH]c12. The average Bonchev–Trinajstić information content (AvgIpc) is 3.13. The number of nitrogens with zero attached hydrogens (tertiary/aromatic N) is 4. The van der Waals surface area contributed by atoms with E-state index in [1.807, 2.05) is 0 Å². The number of hydrogen-bond donors (Lipinski definition) is 3. The molecule has 1 fully saturated rings. The number of carbonyl (C=O) groups excluding carboxylic acids is 1. The van der Waals surface area contributed by atoms with Gasteiger partial charge in [0.05, 0.1) is 34.8 Å². The van der Waals surface area contributed by atoms with Crippen molar-refractivity contribution < 1.29 is 23.5 Å². The van der Waals surface area contributed by atoms with Crippen LogP contribution in [-0.2, 0) is 16.0 Å². The van der Waals surface area contributed by atoms with E-state index in [1.165, 1.54) is 29.2 Å². The molecule has 190 valence electrons. The number of carboxylic acid groups (broad SMARTS) is 1. The standard InChI is InChI=1S/C24H21ClF2N6O3Si/c1-37(2,3)6-4-5-12-20(27)19(25)18(13-8-29-32-21(12)13)14-10-33-11-16(30-17(33)9-28-14)31-22(34)24(23(35)36)7-15(24)26/h8-11,15H,5,7H2,1-3H3,(H,29,32)(H,31,34)(H,35,36)/t15-,24-/m0/s1. The van der Waals surface area contributed by atoms with Gasteiger partial charge >= 0.3 is 5.97 Å². The molecule has 0 aliphatic heterocycles. The summed E-state index contributed by atoms with van der Waals surface area (Å²) in [7, 11) is -1.64. The number of amides is 1. The van der Waals surface area contributed by atoms with Gasteiger partial charge in [0.15, 0.2) is 16.9 Å². The summed E-state index contributed by atoms with van der Waals surface area (Å²) in [5.41, 5.74) is 2.84. The van der Waals surface area contributed by atoms with Crippen LogP contribution in [0.2, 0.25) is 24.7 Å². The first-order chi connectivity index (χ1) is 17.4. The Morgan fingerprint density at radius 1 is 1.35 bits per heavy atom. The van der Waals surface area contributed by atoms with E-state index < -0.39 is 43.8 Å². The number of aliphatic carboxylic acids is 1. The van der Waals surface area contributed by atoms with E-state index in [2.05, 4.69) is 56.6 Å². The summed E-state index contributed by atoms with van der Waals surface area (Å²) in [6.07, 6.45) is 3.90. The molecule has 2 atom stereocenters. The molecule has 3 N–H and O–H groups in total. The highest BCUT2D eigenvalue weighted by Crippen LogP contribution is 2.49. The number of rotatable bonds is 5. The number of nitrogens with one attached hydrogen (secondary N) is 2. The predicted molar refractivity (Wildman–Crippen MR) is 136 cm³/mol. The quantitative estimate of drug-likeness (QED) is 0.197. The highest BCUT2D eigenvalue weighted by atomic mass is 35.5. The lowest BCUT2D eigenvalue weighted by atomic mass is 10.0. The number of alkyl halides is 1. The molecule has 3 heterocycles. The number of carbonyl (C=O) groups is 2. The van der Waals surface area contributed by atoms with Crippen LogP contribution in [0.5, 0.6) is 0 Å². The first-order valence-electron chi connectivity index (χ1n) is 11.3. The molecular formula is C24H21ClF2N6O3Si. The number of hydrogen-bond acceptors (Lipinski definition) is 5. The van der Waals surface area contributed by atoms with Gasteiger partial charge in [-0.25, -0.2) is 13.8 Å². The van der Waals surface area contributed by atoms with Crippen molar-refractivity contribution in [2.75, 3.05) is 5.32 Å². The van der Waals surface area contributed by atoms with E-state index in [4.69, 9.17) is 11.6 Å². The number of fused-ring (bicyclic) bond motifs is 2. The zero-order valence-corrected chi connectivity index (χ0v) is 21.7. The van der Waals surface area contributed by atoms with Gasteiger partial charge in [0.1, 0.15) is 20.1 Å². The van der Waals surface area contributed by atoms with Gasteiger partial charge < -0.3 is 14.8 Å². The molecule has 4 aromatic rings. The van der Waals surface area contributed by atoms with Gasteiger partial charge in [-0.2, -0.15) is 5.10 Å². The molecule has 1 saturated carbocycles. The molecule has 0 unspecified atom stereocenters. The van der Waals surface area contributed by atoms with E-state index in [9.17, 15) is 19.1 Å². The van der Waals surface area contributed by atoms with Crippen LogP contribution in [-0.4, -0.2) is 55.8 Å². The van der Waals surface area contributed by atoms with E-state index >= 15 is 4.39 Å². The minimum absolute atomic E-state index is 0.0192. The van der Waals surface area contributed by atoms with Crippen molar-refractivity contribution in [2.24, 2.45) is 5.41 Å². The van der Waals surface area contributed by atoms with Gasteiger partial charge in [-0.3, -0.25) is 19.7 Å². The van der Waals surface area contributed by atoms with E-state index in [0.29, 0.717) is 33.4 Å². The number of anilines is 1. The molecule has 1 aliphatic rings. The fourth-order valence-electron chi connectivity index (χ4n) is 4.08. The molecule has 0 radical (unpaired) electrons. The maximum absolute atomic E-state index is 15.4. The molecule has 0 spiro atoms. The first-order valence-corrected chi connectivity index (χ1v) is 15.2. The molecule has 0 saturated heterocycles. The second-order valence-corrected chi connectivity index (χ2v) is 15.1. The van der Waals surface area contributed by atoms with Crippen molar-refractivity contribution in [1.29, 1.82) is 0 Å². The number of halogens is 3. The molecule has 37 heavy (non-hydrogen) atoms. The molecule has 1 aromatic carbocycles. The minimum Gasteiger partial charge on any atom is -0.480 e. The van der Waals surface area contributed by atoms with Gasteiger partial charge in [0.2, 0.25) is 5.91 Å². The normalized spacial score (nSPS) is 19.0. The highest BCUT2D eigenvalue weighted by Gasteiger charge is 2.68. The summed E-state index contributed by atoms with van der Waals surface area (Å²) < 4.78 is 30.6. The Hall–Kier alpha value is -3.82. The number of aromatic amines is 1. The fraction of sp³-hybridized carbons (Fsp3) is 0.292. The van der Waals surface area contributed by atoms with E-state index in [1.54, 1.807) is 0 Å². The van der Waals surface area contributed by atoms with Gasteiger partial charge in [0.25, 0.3) is 0 Å². The van der Waals surface area contributed by atoms with Crippen molar-refractivity contribution in [1.82, 2.24) is 24.6 Å². The Bertz CT molecular complexity index is 1670. The Balaban J connectivity index is 1.51. The second-order valence-electron chi connectivity index (χ2n) is 9.94. The lowest BCUT2D eigenvalue weighted by Gasteiger charge is -2.11. The van der Waals surface area contributed by atoms with Crippen molar-refractivity contribution in [3.05, 3.63) is 41.2 Å². The van der Waals surface area contributed by atoms with Crippen molar-refractivity contribution >= 4 is 53.9 Å². The van der Waals surface area contributed by atoms with Crippen LogP contribution >= 0.6 is 11.6 Å². The topological polar surface area (TPSA) is 125 Å². The molecule has 13 heteroatoms. The largest absolute Gasteiger partial charge is 0.480 e. The smallest absolute Gasteiger partial charge is 0.322 e. The van der Waals surface area contributed by atoms with Crippen LogP contribution in [0.25, 0.3) is 27.8 Å². The number of H-pyrrole nitrogens is 1. The molecule has 5 rings (SSSR count). The zero-order chi connectivity index (χ0) is 26.7. The third kappa shape index (κ3) is 4.24. The lowest BCUT2D eigenvalue weighted by molar-refractivity contribution is -0.148. The molecule has 3 aromatic heterocycles. The summed E-state index contributed by atoms with van der Waals surface area (Å²) in [4.78, 5) is 32.3. The summed E-state index contributed by atoms with van der Waals surface area (Å²) in [6, 6.07) is 0. The van der Waals surface area contributed by atoms with Crippen LogP contribution < -0.4 is 5.32 Å². The third-order valence-corrected chi connectivity index (χ3v) is 7.40. The number of carboxylic acids is 1. The molecule has 1 amide bonds. The van der Waals surface area contributed by atoms with Crippen LogP contribution in [0, 0.1) is 22.7 Å². The second kappa shape index (κ2) is 8.64. The summed E-state index contributed by atoms with van der Waals surface area (Å²) in [5.74, 6) is -0.0536. The van der Waals surface area contributed by atoms with Crippen molar-refractivity contribution in [2.45, 2.75) is 38.7 Å². The Kier molecular flexibility index (Phi) is 5.80. The van der Waals surface area contributed by atoms with Crippen LogP contribution in [0.15, 0.2) is 24.8 Å². The van der Waals surface area contributed by atoms with Gasteiger partial charge in [0, 0.05) is 35.6 Å². The fourth-order valence-corrected chi connectivity index (χ4v) is 5.01. The third-order valence-electron chi connectivity index (χ3n) is 6.12.